The van der Waals surface area contributed by atoms with Gasteiger partial charge < -0.3 is 15.2 Å². The summed E-state index contributed by atoms with van der Waals surface area (Å²) in [5, 5.41) is 15.1. The molecule has 184 valence electrons. The average Bonchev–Trinajstić information content (AvgIpc) is 3.33. The lowest BCUT2D eigenvalue weighted by atomic mass is 10.0. The molecule has 7 nitrogen and oxygen atoms in total. The van der Waals surface area contributed by atoms with Crippen LogP contribution in [0.1, 0.15) is 15.9 Å². The highest BCUT2D eigenvalue weighted by atomic mass is 32.2. The van der Waals surface area contributed by atoms with Crippen LogP contribution < -0.4 is 5.32 Å². The fourth-order valence-electron chi connectivity index (χ4n) is 3.72. The lowest BCUT2D eigenvalue weighted by Crippen LogP contribution is -2.14. The third kappa shape index (κ3) is 5.63. The molecule has 1 aromatic heterocycles. The molecule has 4 aromatic carbocycles. The minimum Gasteiger partial charge on any atom is -0.507 e. The highest BCUT2D eigenvalue weighted by Gasteiger charge is 2.10. The number of hydrogen-bond acceptors (Lipinski definition) is 8. The number of rotatable bonds is 7. The van der Waals surface area contributed by atoms with Crippen molar-refractivity contribution in [3.8, 4) is 5.75 Å². The van der Waals surface area contributed by atoms with Gasteiger partial charge in [-0.3, -0.25) is 9.79 Å². The van der Waals surface area contributed by atoms with Crippen molar-refractivity contribution in [3.63, 3.8) is 0 Å². The van der Waals surface area contributed by atoms with E-state index in [2.05, 4.69) is 20.0 Å². The quantitative estimate of drug-likeness (QED) is 0.144. The number of thioether (sulfide) groups is 1. The van der Waals surface area contributed by atoms with Crippen molar-refractivity contribution in [1.82, 2.24) is 4.98 Å². The fraction of sp³-hybridized carbons (Fsp3) is 0.0714. The number of thiazole rings is 1. The first-order valence-electron chi connectivity index (χ1n) is 11.3. The van der Waals surface area contributed by atoms with E-state index in [0.29, 0.717) is 16.8 Å². The Balaban J connectivity index is 1.24. The number of nitrogens with one attached hydrogen (secondary N) is 1. The van der Waals surface area contributed by atoms with Crippen molar-refractivity contribution in [3.05, 3.63) is 90.0 Å². The van der Waals surface area contributed by atoms with Gasteiger partial charge in [-0.15, -0.1) is 11.3 Å². The van der Waals surface area contributed by atoms with E-state index >= 15 is 0 Å². The van der Waals surface area contributed by atoms with Crippen LogP contribution in [0.2, 0.25) is 0 Å². The average molecular weight is 528 g/mol. The number of anilines is 1. The number of aromatic hydroxyl groups is 1. The maximum absolute atomic E-state index is 12.4. The Morgan fingerprint density at radius 2 is 1.89 bits per heavy atom. The summed E-state index contributed by atoms with van der Waals surface area (Å²) in [7, 11) is 1.32. The Bertz CT molecular complexity index is 1650. The summed E-state index contributed by atoms with van der Waals surface area (Å²) in [6, 6.07) is 23.6. The number of aliphatic imine (C=N–C) groups is 1. The van der Waals surface area contributed by atoms with Crippen molar-refractivity contribution in [2.75, 3.05) is 18.2 Å². The van der Waals surface area contributed by atoms with Gasteiger partial charge in [-0.25, -0.2) is 9.78 Å². The Kier molecular flexibility index (Phi) is 7.16. The van der Waals surface area contributed by atoms with Crippen LogP contribution >= 0.6 is 23.1 Å². The number of aromatic nitrogens is 1. The smallest absolute Gasteiger partial charge is 0.337 e. The zero-order valence-electron chi connectivity index (χ0n) is 19.7. The summed E-state index contributed by atoms with van der Waals surface area (Å²) in [6.45, 7) is 0. The number of phenolic OH excluding ortho intramolecular Hbond substituents is 1. The zero-order chi connectivity index (χ0) is 25.8. The van der Waals surface area contributed by atoms with Gasteiger partial charge in [0.1, 0.15) is 5.75 Å². The van der Waals surface area contributed by atoms with Gasteiger partial charge in [-0.1, -0.05) is 42.1 Å². The van der Waals surface area contributed by atoms with Crippen LogP contribution in [0.3, 0.4) is 0 Å². The molecule has 0 saturated carbocycles. The topological polar surface area (TPSA) is 101 Å². The predicted molar refractivity (Wildman–Crippen MR) is 150 cm³/mol. The van der Waals surface area contributed by atoms with E-state index in [1.807, 2.05) is 48.5 Å². The summed E-state index contributed by atoms with van der Waals surface area (Å²) in [4.78, 5) is 33.1. The van der Waals surface area contributed by atoms with E-state index in [-0.39, 0.29) is 17.4 Å². The van der Waals surface area contributed by atoms with Gasteiger partial charge in [0.05, 0.1) is 34.3 Å². The first kappa shape index (κ1) is 24.5. The van der Waals surface area contributed by atoms with Crippen molar-refractivity contribution >= 4 is 73.6 Å². The number of esters is 1. The van der Waals surface area contributed by atoms with E-state index in [1.54, 1.807) is 36.5 Å². The number of ether oxygens (including phenoxy) is 1. The Labute approximate surface area is 220 Å². The molecule has 0 aliphatic rings. The van der Waals surface area contributed by atoms with E-state index < -0.39 is 5.97 Å². The second-order valence-electron chi connectivity index (χ2n) is 8.02. The molecule has 0 atom stereocenters. The lowest BCUT2D eigenvalue weighted by molar-refractivity contribution is -0.113. The van der Waals surface area contributed by atoms with Crippen LogP contribution in [0, 0.1) is 0 Å². The second kappa shape index (κ2) is 10.8. The molecule has 1 heterocycles. The number of methoxy groups -OCH3 is 1. The standard InChI is InChI=1S/C28H21N3O4S2/c1-35-27(34)18-6-9-19(10-7-18)30-26(33)16-36-28-31-23-12-11-20(14-25(23)37-28)29-15-22-21-5-3-2-4-17(21)8-13-24(22)32/h2-15,32H,16H2,1H3,(H,30,33). The number of amides is 1. The first-order valence-corrected chi connectivity index (χ1v) is 13.1. The zero-order valence-corrected chi connectivity index (χ0v) is 21.3. The number of phenols is 1. The first-order chi connectivity index (χ1) is 18.0. The summed E-state index contributed by atoms with van der Waals surface area (Å²) in [5.74, 6) is -0.220. The van der Waals surface area contributed by atoms with Crippen LogP contribution in [-0.2, 0) is 9.53 Å². The molecule has 0 radical (unpaired) electrons. The Morgan fingerprint density at radius 1 is 1.08 bits per heavy atom. The highest BCUT2D eigenvalue weighted by Crippen LogP contribution is 2.32. The maximum Gasteiger partial charge on any atom is 0.337 e. The van der Waals surface area contributed by atoms with Crippen LogP contribution in [0.4, 0.5) is 11.4 Å². The number of hydrogen-bond donors (Lipinski definition) is 2. The SMILES string of the molecule is COC(=O)c1ccc(NC(=O)CSc2nc3ccc(N=Cc4c(O)ccc5ccccc45)cc3s2)cc1. The molecule has 0 spiro atoms. The molecular weight excluding hydrogens is 506 g/mol. The van der Waals surface area contributed by atoms with Gasteiger partial charge in [0.25, 0.3) is 0 Å². The number of carbonyl (C=O) groups excluding carboxylic acids is 2. The number of carbonyl (C=O) groups is 2. The van der Waals surface area contributed by atoms with Gasteiger partial charge in [-0.2, -0.15) is 0 Å². The van der Waals surface area contributed by atoms with E-state index in [1.165, 1.54) is 30.2 Å². The lowest BCUT2D eigenvalue weighted by Gasteiger charge is -2.05. The van der Waals surface area contributed by atoms with E-state index in [0.717, 1.165) is 31.0 Å². The molecule has 0 bridgehead atoms. The third-order valence-electron chi connectivity index (χ3n) is 5.56. The predicted octanol–water partition coefficient (Wildman–Crippen LogP) is 6.42. The summed E-state index contributed by atoms with van der Waals surface area (Å²) in [6.07, 6.45) is 1.68. The third-order valence-corrected chi connectivity index (χ3v) is 7.72. The Hall–Kier alpha value is -4.21. The van der Waals surface area contributed by atoms with Gasteiger partial charge in [0, 0.05) is 17.5 Å². The molecule has 0 saturated heterocycles. The molecular formula is C28H21N3O4S2. The number of nitrogens with zero attached hydrogens (tertiary/aromatic N) is 2. The van der Waals surface area contributed by atoms with E-state index in [4.69, 9.17) is 0 Å². The molecule has 1 amide bonds. The summed E-state index contributed by atoms with van der Waals surface area (Å²) >= 11 is 2.85. The molecule has 0 aliphatic heterocycles. The maximum atomic E-state index is 12.4. The highest BCUT2D eigenvalue weighted by molar-refractivity contribution is 8.01. The molecule has 0 aliphatic carbocycles. The monoisotopic (exact) mass is 527 g/mol. The molecule has 9 heteroatoms. The van der Waals surface area contributed by atoms with Gasteiger partial charge in [0.2, 0.25) is 5.91 Å². The van der Waals surface area contributed by atoms with Crippen LogP contribution in [0.15, 0.2) is 88.2 Å². The molecule has 0 fully saturated rings. The number of benzene rings is 4. The van der Waals surface area contributed by atoms with Crippen LogP contribution in [0.25, 0.3) is 21.0 Å². The Morgan fingerprint density at radius 3 is 2.70 bits per heavy atom. The largest absolute Gasteiger partial charge is 0.507 e. The molecule has 2 N–H and O–H groups in total. The fourth-order valence-corrected chi connectivity index (χ4v) is 5.63. The minimum atomic E-state index is -0.426. The molecule has 5 aromatic rings. The van der Waals surface area contributed by atoms with Crippen LogP contribution in [0.5, 0.6) is 5.75 Å². The minimum absolute atomic E-state index is 0.171. The van der Waals surface area contributed by atoms with Crippen molar-refractivity contribution in [2.45, 2.75) is 4.34 Å². The normalized spacial score (nSPS) is 11.3. The second-order valence-corrected chi connectivity index (χ2v) is 10.3. The van der Waals surface area contributed by atoms with Gasteiger partial charge >= 0.3 is 5.97 Å². The number of fused-ring (bicyclic) bond motifs is 2. The van der Waals surface area contributed by atoms with Crippen LogP contribution in [-0.4, -0.2) is 41.0 Å². The van der Waals surface area contributed by atoms with Crippen molar-refractivity contribution in [2.24, 2.45) is 4.99 Å². The molecule has 0 unspecified atom stereocenters. The summed E-state index contributed by atoms with van der Waals surface area (Å²) < 4.78 is 6.41. The molecule has 37 heavy (non-hydrogen) atoms. The summed E-state index contributed by atoms with van der Waals surface area (Å²) in [5.41, 5.74) is 3.26. The van der Waals surface area contributed by atoms with Gasteiger partial charge in [0.15, 0.2) is 4.34 Å². The molecule has 5 rings (SSSR count). The van der Waals surface area contributed by atoms with Gasteiger partial charge in [-0.05, 0) is 59.3 Å². The van der Waals surface area contributed by atoms with Crippen molar-refractivity contribution < 1.29 is 19.4 Å². The van der Waals surface area contributed by atoms with E-state index in [9.17, 15) is 14.7 Å². The van der Waals surface area contributed by atoms with Crippen molar-refractivity contribution in [1.29, 1.82) is 0 Å².